The molecule has 4 nitrogen and oxygen atoms in total. The molecule has 0 aliphatic heterocycles. The Balaban J connectivity index is 2.48. The summed E-state index contributed by atoms with van der Waals surface area (Å²) >= 11 is 0. The van der Waals surface area contributed by atoms with Crippen LogP contribution in [-0.4, -0.2) is 26.3 Å². The second kappa shape index (κ2) is 5.82. The van der Waals surface area contributed by atoms with Crippen LogP contribution in [0.3, 0.4) is 0 Å². The lowest BCUT2D eigenvalue weighted by atomic mass is 10.4. The normalized spacial score (nSPS) is 14.8. The van der Waals surface area contributed by atoms with Crippen molar-refractivity contribution in [3.8, 4) is 0 Å². The van der Waals surface area contributed by atoms with E-state index in [1.54, 1.807) is 22.9 Å². The zero-order chi connectivity index (χ0) is 11.3. The van der Waals surface area contributed by atoms with Crippen molar-refractivity contribution < 1.29 is 4.21 Å². The minimum atomic E-state index is -0.944. The summed E-state index contributed by atoms with van der Waals surface area (Å²) in [7, 11) is -0.944. The van der Waals surface area contributed by atoms with E-state index in [1.165, 1.54) is 6.07 Å². The SMILES string of the molecule is CC(N)CS(=O)CCn1ccccc1=O. The van der Waals surface area contributed by atoms with Gasteiger partial charge in [-0.05, 0) is 13.0 Å². The van der Waals surface area contributed by atoms with Gasteiger partial charge in [0.15, 0.2) is 0 Å². The third-order valence-corrected chi connectivity index (χ3v) is 3.44. The first kappa shape index (κ1) is 12.1. The topological polar surface area (TPSA) is 65.1 Å². The molecule has 0 fully saturated rings. The number of aryl methyl sites for hydroxylation is 1. The molecule has 5 heteroatoms. The van der Waals surface area contributed by atoms with E-state index in [-0.39, 0.29) is 11.6 Å². The average Bonchev–Trinajstić information content (AvgIpc) is 2.15. The van der Waals surface area contributed by atoms with Crippen LogP contribution in [0.1, 0.15) is 6.92 Å². The number of nitrogens with two attached hydrogens (primary N) is 1. The van der Waals surface area contributed by atoms with Gasteiger partial charge in [-0.2, -0.15) is 0 Å². The van der Waals surface area contributed by atoms with Crippen LogP contribution in [-0.2, 0) is 17.3 Å². The van der Waals surface area contributed by atoms with Gasteiger partial charge in [-0.3, -0.25) is 9.00 Å². The molecule has 2 N–H and O–H groups in total. The summed E-state index contributed by atoms with van der Waals surface area (Å²) in [4.78, 5) is 11.3. The van der Waals surface area contributed by atoms with Gasteiger partial charge in [-0.15, -0.1) is 0 Å². The van der Waals surface area contributed by atoms with Crippen molar-refractivity contribution in [2.75, 3.05) is 11.5 Å². The van der Waals surface area contributed by atoms with Crippen LogP contribution >= 0.6 is 0 Å². The number of rotatable bonds is 5. The van der Waals surface area contributed by atoms with Crippen molar-refractivity contribution in [2.45, 2.75) is 19.5 Å². The Morgan fingerprint density at radius 3 is 2.87 bits per heavy atom. The quantitative estimate of drug-likeness (QED) is 0.768. The van der Waals surface area contributed by atoms with Gasteiger partial charge in [0, 0.05) is 47.2 Å². The van der Waals surface area contributed by atoms with Crippen molar-refractivity contribution in [3.63, 3.8) is 0 Å². The Bertz CT molecular complexity index is 387. The third-order valence-electron chi connectivity index (χ3n) is 1.91. The molecular formula is C10H16N2O2S. The molecule has 0 aliphatic rings. The number of aromatic nitrogens is 1. The molecule has 0 saturated heterocycles. The van der Waals surface area contributed by atoms with Crippen LogP contribution in [0, 0.1) is 0 Å². The van der Waals surface area contributed by atoms with Crippen molar-refractivity contribution in [1.29, 1.82) is 0 Å². The fourth-order valence-electron chi connectivity index (χ4n) is 1.22. The third kappa shape index (κ3) is 4.40. The maximum absolute atomic E-state index is 11.5. The lowest BCUT2D eigenvalue weighted by molar-refractivity contribution is 0.663. The number of hydrogen-bond acceptors (Lipinski definition) is 3. The van der Waals surface area contributed by atoms with Crippen molar-refractivity contribution in [3.05, 3.63) is 34.7 Å². The highest BCUT2D eigenvalue weighted by Crippen LogP contribution is 1.89. The molecule has 1 heterocycles. The van der Waals surface area contributed by atoms with Crippen molar-refractivity contribution in [1.82, 2.24) is 4.57 Å². The van der Waals surface area contributed by atoms with Gasteiger partial charge >= 0.3 is 0 Å². The summed E-state index contributed by atoms with van der Waals surface area (Å²) in [6, 6.07) is 4.92. The molecule has 0 bridgehead atoms. The summed E-state index contributed by atoms with van der Waals surface area (Å²) in [5.41, 5.74) is 5.47. The van der Waals surface area contributed by atoms with Crippen LogP contribution in [0.4, 0.5) is 0 Å². The van der Waals surface area contributed by atoms with E-state index in [2.05, 4.69) is 0 Å². The van der Waals surface area contributed by atoms with Gasteiger partial charge in [-0.25, -0.2) is 0 Å². The number of pyridine rings is 1. The first-order valence-corrected chi connectivity index (χ1v) is 6.34. The van der Waals surface area contributed by atoms with Gasteiger partial charge in [-0.1, -0.05) is 6.07 Å². The fourth-order valence-corrected chi connectivity index (χ4v) is 2.38. The van der Waals surface area contributed by atoms with Gasteiger partial charge in [0.2, 0.25) is 0 Å². The molecule has 0 radical (unpaired) electrons. The predicted molar refractivity (Wildman–Crippen MR) is 62.2 cm³/mol. The van der Waals surface area contributed by atoms with E-state index in [1.807, 2.05) is 6.92 Å². The smallest absolute Gasteiger partial charge is 0.250 e. The summed E-state index contributed by atoms with van der Waals surface area (Å²) in [5, 5.41) is 0. The van der Waals surface area contributed by atoms with E-state index in [0.717, 1.165) is 0 Å². The molecule has 1 rings (SSSR count). The second-order valence-electron chi connectivity index (χ2n) is 3.52. The minimum absolute atomic E-state index is 0.0571. The minimum Gasteiger partial charge on any atom is -0.327 e. The van der Waals surface area contributed by atoms with Crippen LogP contribution < -0.4 is 11.3 Å². The molecule has 15 heavy (non-hydrogen) atoms. The number of nitrogens with zero attached hydrogens (tertiary/aromatic N) is 1. The van der Waals surface area contributed by atoms with Crippen LogP contribution in [0.5, 0.6) is 0 Å². The molecule has 84 valence electrons. The highest BCUT2D eigenvalue weighted by molar-refractivity contribution is 7.85. The molecule has 2 unspecified atom stereocenters. The molecule has 0 aromatic carbocycles. The molecule has 0 saturated carbocycles. The summed E-state index contributed by atoms with van der Waals surface area (Å²) in [6.45, 7) is 2.31. The first-order chi connectivity index (χ1) is 7.09. The van der Waals surface area contributed by atoms with Gasteiger partial charge in [0.05, 0.1) is 0 Å². The Morgan fingerprint density at radius 2 is 2.27 bits per heavy atom. The molecule has 1 aromatic heterocycles. The standard InChI is InChI=1S/C10H16N2O2S/c1-9(11)8-15(14)7-6-12-5-3-2-4-10(12)13/h2-5,9H,6-8,11H2,1H3. The van der Waals surface area contributed by atoms with E-state index >= 15 is 0 Å². The summed E-state index contributed by atoms with van der Waals surface area (Å²) in [6.07, 6.45) is 1.70. The van der Waals surface area contributed by atoms with Crippen LogP contribution in [0.2, 0.25) is 0 Å². The molecule has 0 spiro atoms. The highest BCUT2D eigenvalue weighted by Gasteiger charge is 2.03. The van der Waals surface area contributed by atoms with Crippen molar-refractivity contribution in [2.24, 2.45) is 5.73 Å². The average molecular weight is 228 g/mol. The number of hydrogen-bond donors (Lipinski definition) is 1. The maximum atomic E-state index is 11.5. The first-order valence-electron chi connectivity index (χ1n) is 4.85. The maximum Gasteiger partial charge on any atom is 0.250 e. The van der Waals surface area contributed by atoms with Gasteiger partial charge in [0.25, 0.3) is 5.56 Å². The Labute approximate surface area is 91.6 Å². The zero-order valence-electron chi connectivity index (χ0n) is 8.76. The fraction of sp³-hybridized carbons (Fsp3) is 0.500. The second-order valence-corrected chi connectivity index (χ2v) is 5.14. The Kier molecular flexibility index (Phi) is 4.71. The summed E-state index contributed by atoms with van der Waals surface area (Å²) in [5.74, 6) is 0.965. The van der Waals surface area contributed by atoms with E-state index in [0.29, 0.717) is 18.1 Å². The molecule has 0 aliphatic carbocycles. The Morgan fingerprint density at radius 1 is 1.53 bits per heavy atom. The lowest BCUT2D eigenvalue weighted by Crippen LogP contribution is -2.27. The molecule has 0 amide bonds. The Hall–Kier alpha value is -0.940. The van der Waals surface area contributed by atoms with Crippen molar-refractivity contribution >= 4 is 10.8 Å². The van der Waals surface area contributed by atoms with Crippen LogP contribution in [0.15, 0.2) is 29.2 Å². The lowest BCUT2D eigenvalue weighted by Gasteiger charge is -2.06. The monoisotopic (exact) mass is 228 g/mol. The van der Waals surface area contributed by atoms with Crippen LogP contribution in [0.25, 0.3) is 0 Å². The molecular weight excluding hydrogens is 212 g/mol. The zero-order valence-corrected chi connectivity index (χ0v) is 9.57. The predicted octanol–water partition coefficient (Wildman–Crippen LogP) is -0.0558. The van der Waals surface area contributed by atoms with E-state index in [9.17, 15) is 9.00 Å². The summed E-state index contributed by atoms with van der Waals surface area (Å²) < 4.78 is 13.0. The highest BCUT2D eigenvalue weighted by atomic mass is 32.2. The molecule has 1 aromatic rings. The van der Waals surface area contributed by atoms with E-state index < -0.39 is 10.8 Å². The van der Waals surface area contributed by atoms with Gasteiger partial charge in [0.1, 0.15) is 0 Å². The van der Waals surface area contributed by atoms with Gasteiger partial charge < -0.3 is 10.3 Å². The van der Waals surface area contributed by atoms with E-state index in [4.69, 9.17) is 5.73 Å². The molecule has 2 atom stereocenters. The largest absolute Gasteiger partial charge is 0.327 e.